The second kappa shape index (κ2) is 4.63. The average molecular weight is 251 g/mol. The largest absolute Gasteiger partial charge is 0.419 e. The molecule has 0 saturated heterocycles. The molecule has 0 spiro atoms. The molecule has 0 atom stereocenters. The van der Waals surface area contributed by atoms with Gasteiger partial charge in [-0.15, -0.1) is 0 Å². The van der Waals surface area contributed by atoms with Crippen molar-refractivity contribution in [1.82, 2.24) is 4.98 Å². The van der Waals surface area contributed by atoms with Crippen molar-refractivity contribution in [2.24, 2.45) is 5.73 Å². The molecule has 0 fully saturated rings. The standard InChI is InChI=1S/C9H6F5N3/c10-8(11)5-1-4(2-15)17-6(3-16)7(5)9(12,13)14/h1,8H,2,15H2. The molecule has 0 amide bonds. The number of nitrogens with zero attached hydrogens (tertiary/aromatic N) is 2. The third kappa shape index (κ3) is 2.68. The first-order valence-corrected chi connectivity index (χ1v) is 4.30. The summed E-state index contributed by atoms with van der Waals surface area (Å²) in [7, 11) is 0. The quantitative estimate of drug-likeness (QED) is 0.820. The summed E-state index contributed by atoms with van der Waals surface area (Å²) in [6.07, 6.45) is -8.41. The summed E-state index contributed by atoms with van der Waals surface area (Å²) in [5.41, 5.74) is 0.851. The molecule has 8 heteroatoms. The predicted molar refractivity (Wildman–Crippen MR) is 46.8 cm³/mol. The molecular formula is C9H6F5N3. The molecule has 2 N–H and O–H groups in total. The number of rotatable bonds is 2. The minimum Gasteiger partial charge on any atom is -0.325 e. The van der Waals surface area contributed by atoms with Crippen LogP contribution in [-0.4, -0.2) is 4.98 Å². The Labute approximate surface area is 92.7 Å². The average Bonchev–Trinajstić information content (AvgIpc) is 2.25. The van der Waals surface area contributed by atoms with E-state index in [0.717, 1.165) is 6.07 Å². The van der Waals surface area contributed by atoms with Gasteiger partial charge in [-0.1, -0.05) is 0 Å². The molecule has 0 aromatic carbocycles. The molecule has 1 aromatic heterocycles. The molecule has 1 rings (SSSR count). The van der Waals surface area contributed by atoms with E-state index in [0.29, 0.717) is 6.07 Å². The number of hydrogen-bond donors (Lipinski definition) is 1. The summed E-state index contributed by atoms with van der Waals surface area (Å²) < 4.78 is 62.6. The Balaban J connectivity index is 3.60. The topological polar surface area (TPSA) is 62.7 Å². The van der Waals surface area contributed by atoms with Crippen LogP contribution in [0.4, 0.5) is 22.0 Å². The highest BCUT2D eigenvalue weighted by molar-refractivity contribution is 5.42. The van der Waals surface area contributed by atoms with Crippen LogP contribution in [0.25, 0.3) is 0 Å². The van der Waals surface area contributed by atoms with Crippen LogP contribution in [-0.2, 0) is 12.7 Å². The highest BCUT2D eigenvalue weighted by Gasteiger charge is 2.39. The molecule has 0 saturated carbocycles. The first-order chi connectivity index (χ1) is 7.81. The summed E-state index contributed by atoms with van der Waals surface area (Å²) in [4.78, 5) is 3.28. The number of halogens is 5. The zero-order valence-corrected chi connectivity index (χ0v) is 8.22. The van der Waals surface area contributed by atoms with E-state index in [-0.39, 0.29) is 12.2 Å². The van der Waals surface area contributed by atoms with Crippen molar-refractivity contribution in [3.63, 3.8) is 0 Å². The van der Waals surface area contributed by atoms with Gasteiger partial charge in [0.1, 0.15) is 11.6 Å². The third-order valence-corrected chi connectivity index (χ3v) is 1.94. The van der Waals surface area contributed by atoms with Gasteiger partial charge in [0.2, 0.25) is 0 Å². The number of nitriles is 1. The maximum absolute atomic E-state index is 12.5. The molecule has 0 unspecified atom stereocenters. The summed E-state index contributed by atoms with van der Waals surface area (Å²) in [6.45, 7) is -0.327. The smallest absolute Gasteiger partial charge is 0.325 e. The Bertz CT molecular complexity index is 461. The number of alkyl halides is 5. The van der Waals surface area contributed by atoms with Crippen LogP contribution in [0.15, 0.2) is 6.07 Å². The molecular weight excluding hydrogens is 245 g/mol. The lowest BCUT2D eigenvalue weighted by atomic mass is 10.0. The van der Waals surface area contributed by atoms with Crippen LogP contribution in [0.5, 0.6) is 0 Å². The van der Waals surface area contributed by atoms with Gasteiger partial charge >= 0.3 is 6.18 Å². The molecule has 92 valence electrons. The Morgan fingerprint density at radius 1 is 1.41 bits per heavy atom. The maximum Gasteiger partial charge on any atom is 0.419 e. The molecule has 0 bridgehead atoms. The Morgan fingerprint density at radius 2 is 2.00 bits per heavy atom. The van der Waals surface area contributed by atoms with Crippen molar-refractivity contribution < 1.29 is 22.0 Å². The van der Waals surface area contributed by atoms with E-state index < -0.39 is 29.4 Å². The SMILES string of the molecule is N#Cc1nc(CN)cc(C(F)F)c1C(F)(F)F. The normalized spacial score (nSPS) is 11.6. The fourth-order valence-electron chi connectivity index (χ4n) is 1.28. The van der Waals surface area contributed by atoms with Crippen LogP contribution >= 0.6 is 0 Å². The fraction of sp³-hybridized carbons (Fsp3) is 0.333. The lowest BCUT2D eigenvalue weighted by Gasteiger charge is -2.14. The van der Waals surface area contributed by atoms with Gasteiger partial charge in [0, 0.05) is 12.1 Å². The number of aromatic nitrogens is 1. The molecule has 0 aliphatic carbocycles. The van der Waals surface area contributed by atoms with Gasteiger partial charge in [-0.05, 0) is 6.07 Å². The van der Waals surface area contributed by atoms with Crippen molar-refractivity contribution in [3.8, 4) is 6.07 Å². The van der Waals surface area contributed by atoms with Gasteiger partial charge in [-0.25, -0.2) is 13.8 Å². The van der Waals surface area contributed by atoms with E-state index in [1.807, 2.05) is 0 Å². The molecule has 0 aliphatic heterocycles. The van der Waals surface area contributed by atoms with Gasteiger partial charge in [0.05, 0.1) is 5.69 Å². The highest BCUT2D eigenvalue weighted by Crippen LogP contribution is 2.38. The predicted octanol–water partition coefficient (Wildman–Crippen LogP) is 2.37. The first-order valence-electron chi connectivity index (χ1n) is 4.30. The zero-order valence-electron chi connectivity index (χ0n) is 8.22. The summed E-state index contributed by atoms with van der Waals surface area (Å²) >= 11 is 0. The van der Waals surface area contributed by atoms with Crippen LogP contribution in [0.3, 0.4) is 0 Å². The van der Waals surface area contributed by atoms with Crippen LogP contribution in [0.1, 0.15) is 28.9 Å². The van der Waals surface area contributed by atoms with Crippen molar-refractivity contribution >= 4 is 0 Å². The lowest BCUT2D eigenvalue weighted by Crippen LogP contribution is -2.16. The second-order valence-corrected chi connectivity index (χ2v) is 3.04. The first kappa shape index (κ1) is 13.3. The Hall–Kier alpha value is -1.75. The lowest BCUT2D eigenvalue weighted by molar-refractivity contribution is -0.140. The molecule has 1 aromatic rings. The highest BCUT2D eigenvalue weighted by atomic mass is 19.4. The number of nitrogens with two attached hydrogens (primary N) is 1. The van der Waals surface area contributed by atoms with Gasteiger partial charge < -0.3 is 5.73 Å². The molecule has 1 heterocycles. The van der Waals surface area contributed by atoms with Crippen molar-refractivity contribution in [1.29, 1.82) is 5.26 Å². The maximum atomic E-state index is 12.5. The summed E-state index contributed by atoms with van der Waals surface area (Å²) in [5.74, 6) is 0. The van der Waals surface area contributed by atoms with E-state index >= 15 is 0 Å². The van der Waals surface area contributed by atoms with E-state index in [9.17, 15) is 22.0 Å². The minimum absolute atomic E-state index is 0.190. The van der Waals surface area contributed by atoms with E-state index in [4.69, 9.17) is 11.0 Å². The molecule has 0 aliphatic rings. The van der Waals surface area contributed by atoms with Crippen LogP contribution in [0.2, 0.25) is 0 Å². The monoisotopic (exact) mass is 251 g/mol. The summed E-state index contributed by atoms with van der Waals surface area (Å²) in [5, 5.41) is 8.51. The molecule has 17 heavy (non-hydrogen) atoms. The molecule has 3 nitrogen and oxygen atoms in total. The third-order valence-electron chi connectivity index (χ3n) is 1.94. The van der Waals surface area contributed by atoms with Crippen molar-refractivity contribution in [2.45, 2.75) is 19.1 Å². The Kier molecular flexibility index (Phi) is 3.63. The Morgan fingerprint density at radius 3 is 2.35 bits per heavy atom. The van der Waals surface area contributed by atoms with E-state index in [1.165, 1.54) is 0 Å². The minimum atomic E-state index is -5.06. The van der Waals surface area contributed by atoms with E-state index in [2.05, 4.69) is 4.98 Å². The number of pyridine rings is 1. The zero-order chi connectivity index (χ0) is 13.2. The number of hydrogen-bond acceptors (Lipinski definition) is 3. The van der Waals surface area contributed by atoms with Gasteiger partial charge in [0.15, 0.2) is 5.69 Å². The van der Waals surface area contributed by atoms with Crippen LogP contribution < -0.4 is 5.73 Å². The van der Waals surface area contributed by atoms with Crippen molar-refractivity contribution in [2.75, 3.05) is 0 Å². The van der Waals surface area contributed by atoms with Gasteiger partial charge in [-0.3, -0.25) is 0 Å². The van der Waals surface area contributed by atoms with Crippen LogP contribution in [0, 0.1) is 11.3 Å². The second-order valence-electron chi connectivity index (χ2n) is 3.04. The summed E-state index contributed by atoms with van der Waals surface area (Å²) in [6, 6.07) is 1.72. The van der Waals surface area contributed by atoms with E-state index in [1.54, 1.807) is 0 Å². The fourth-order valence-corrected chi connectivity index (χ4v) is 1.28. The van der Waals surface area contributed by atoms with Gasteiger partial charge in [0.25, 0.3) is 6.43 Å². The molecule has 0 radical (unpaired) electrons. The van der Waals surface area contributed by atoms with Gasteiger partial charge in [-0.2, -0.15) is 18.4 Å². The van der Waals surface area contributed by atoms with Crippen molar-refractivity contribution in [3.05, 3.63) is 28.6 Å².